The number of nitrogen functional groups attached to an aromatic ring is 1. The normalized spacial score (nSPS) is 11.3. The van der Waals surface area contributed by atoms with Crippen LogP contribution in [0, 0.1) is 0 Å². The third-order valence-electron chi connectivity index (χ3n) is 2.11. The van der Waals surface area contributed by atoms with Gasteiger partial charge in [0.15, 0.2) is 0 Å². The first-order chi connectivity index (χ1) is 8.90. The minimum Gasteiger partial charge on any atom is -0.462 e. The van der Waals surface area contributed by atoms with Crippen molar-refractivity contribution in [2.45, 2.75) is 12.6 Å². The fourth-order valence-electron chi connectivity index (χ4n) is 1.27. The Morgan fingerprint density at radius 2 is 1.89 bits per heavy atom. The summed E-state index contributed by atoms with van der Waals surface area (Å²) in [6, 6.07) is 6.39. The number of para-hydroxylation sites is 1. The summed E-state index contributed by atoms with van der Waals surface area (Å²) < 4.78 is 44.4. The highest BCUT2D eigenvalue weighted by molar-refractivity contribution is 5.94. The van der Waals surface area contributed by atoms with Gasteiger partial charge >= 0.3 is 12.1 Å². The Bertz CT molecular complexity index is 421. The lowest BCUT2D eigenvalue weighted by Crippen LogP contribution is -2.18. The Morgan fingerprint density at radius 3 is 2.53 bits per heavy atom. The van der Waals surface area contributed by atoms with Crippen molar-refractivity contribution < 1.29 is 27.4 Å². The fourth-order valence-corrected chi connectivity index (χ4v) is 1.27. The lowest BCUT2D eigenvalue weighted by molar-refractivity contribution is -0.174. The Labute approximate surface area is 108 Å². The van der Waals surface area contributed by atoms with E-state index in [2.05, 4.69) is 4.74 Å². The van der Waals surface area contributed by atoms with E-state index in [4.69, 9.17) is 10.5 Å². The average molecular weight is 277 g/mol. The zero-order valence-electron chi connectivity index (χ0n) is 10.1. The number of halogens is 3. The molecule has 0 saturated carbocycles. The van der Waals surface area contributed by atoms with Crippen LogP contribution < -0.4 is 5.73 Å². The predicted molar refractivity (Wildman–Crippen MR) is 62.6 cm³/mol. The number of rotatable bonds is 6. The molecule has 19 heavy (non-hydrogen) atoms. The van der Waals surface area contributed by atoms with Crippen LogP contribution in [0.4, 0.5) is 18.9 Å². The molecule has 1 rings (SSSR count). The maximum atomic E-state index is 11.7. The molecule has 0 amide bonds. The van der Waals surface area contributed by atoms with E-state index in [-0.39, 0.29) is 25.2 Å². The maximum absolute atomic E-state index is 11.7. The van der Waals surface area contributed by atoms with Gasteiger partial charge in [-0.05, 0) is 12.1 Å². The standard InChI is InChI=1S/C12H14F3NO3/c13-12(14,15)8-18-6-3-7-19-11(17)9-4-1-2-5-10(9)16/h1-2,4-5H,3,6-8,16H2. The lowest BCUT2D eigenvalue weighted by atomic mass is 10.2. The number of esters is 1. The van der Waals surface area contributed by atoms with Gasteiger partial charge in [-0.25, -0.2) is 4.79 Å². The minimum absolute atomic E-state index is 0.0228. The predicted octanol–water partition coefficient (Wildman–Crippen LogP) is 2.39. The summed E-state index contributed by atoms with van der Waals surface area (Å²) in [7, 11) is 0. The number of carbonyl (C=O) groups excluding carboxylic acids is 1. The molecule has 0 atom stereocenters. The van der Waals surface area contributed by atoms with E-state index in [0.717, 1.165) is 0 Å². The number of ether oxygens (including phenoxy) is 2. The molecule has 0 bridgehead atoms. The van der Waals surface area contributed by atoms with Crippen LogP contribution in [0.3, 0.4) is 0 Å². The Morgan fingerprint density at radius 1 is 1.21 bits per heavy atom. The monoisotopic (exact) mass is 277 g/mol. The molecule has 2 N–H and O–H groups in total. The molecular formula is C12H14F3NO3. The number of carbonyl (C=O) groups is 1. The van der Waals surface area contributed by atoms with Crippen molar-refractivity contribution in [1.82, 2.24) is 0 Å². The van der Waals surface area contributed by atoms with Crippen molar-refractivity contribution in [3.05, 3.63) is 29.8 Å². The zero-order chi connectivity index (χ0) is 14.3. The van der Waals surface area contributed by atoms with Gasteiger partial charge in [0.2, 0.25) is 0 Å². The van der Waals surface area contributed by atoms with Crippen molar-refractivity contribution in [1.29, 1.82) is 0 Å². The van der Waals surface area contributed by atoms with E-state index in [9.17, 15) is 18.0 Å². The molecule has 1 aromatic carbocycles. The van der Waals surface area contributed by atoms with E-state index in [0.29, 0.717) is 5.69 Å². The highest BCUT2D eigenvalue weighted by Gasteiger charge is 2.27. The molecule has 0 aliphatic carbocycles. The van der Waals surface area contributed by atoms with Crippen molar-refractivity contribution >= 4 is 11.7 Å². The number of alkyl halides is 3. The molecule has 7 heteroatoms. The van der Waals surface area contributed by atoms with Gasteiger partial charge in [0.25, 0.3) is 0 Å². The highest BCUT2D eigenvalue weighted by atomic mass is 19.4. The summed E-state index contributed by atoms with van der Waals surface area (Å²) in [6.45, 7) is -1.45. The van der Waals surface area contributed by atoms with E-state index >= 15 is 0 Å². The molecule has 0 radical (unpaired) electrons. The Balaban J connectivity index is 2.20. The summed E-state index contributed by atoms with van der Waals surface area (Å²) in [5, 5.41) is 0. The summed E-state index contributed by atoms with van der Waals surface area (Å²) >= 11 is 0. The van der Waals surface area contributed by atoms with Crippen molar-refractivity contribution in [3.8, 4) is 0 Å². The molecule has 0 aliphatic rings. The van der Waals surface area contributed by atoms with Gasteiger partial charge in [0.05, 0.1) is 18.8 Å². The van der Waals surface area contributed by atoms with Gasteiger partial charge in [0.1, 0.15) is 6.61 Å². The van der Waals surface area contributed by atoms with Gasteiger partial charge in [-0.1, -0.05) is 12.1 Å². The number of benzene rings is 1. The largest absolute Gasteiger partial charge is 0.462 e. The second kappa shape index (κ2) is 6.98. The van der Waals surface area contributed by atoms with Gasteiger partial charge in [0, 0.05) is 12.1 Å². The quantitative estimate of drug-likeness (QED) is 0.492. The van der Waals surface area contributed by atoms with Crippen LogP contribution in [-0.2, 0) is 9.47 Å². The van der Waals surface area contributed by atoms with E-state index in [1.165, 1.54) is 6.07 Å². The van der Waals surface area contributed by atoms with Crippen LogP contribution in [0.5, 0.6) is 0 Å². The average Bonchev–Trinajstić information content (AvgIpc) is 2.32. The topological polar surface area (TPSA) is 61.6 Å². The Hall–Kier alpha value is -1.76. The summed E-state index contributed by atoms with van der Waals surface area (Å²) in [5.41, 5.74) is 6.10. The van der Waals surface area contributed by atoms with Gasteiger partial charge in [-0.3, -0.25) is 0 Å². The summed E-state index contributed by atoms with van der Waals surface area (Å²) in [4.78, 5) is 11.5. The molecule has 0 aromatic heterocycles. The van der Waals surface area contributed by atoms with Gasteiger partial charge in [-0.2, -0.15) is 13.2 Å². The first kappa shape index (κ1) is 15.3. The van der Waals surface area contributed by atoms with Crippen molar-refractivity contribution in [2.75, 3.05) is 25.6 Å². The first-order valence-electron chi connectivity index (χ1n) is 5.56. The molecule has 0 spiro atoms. The number of nitrogens with two attached hydrogens (primary N) is 1. The van der Waals surface area contributed by atoms with Crippen LogP contribution in [0.15, 0.2) is 24.3 Å². The first-order valence-corrected chi connectivity index (χ1v) is 5.56. The second-order valence-electron chi connectivity index (χ2n) is 3.74. The third kappa shape index (κ3) is 6.10. The molecule has 0 saturated heterocycles. The van der Waals surface area contributed by atoms with Crippen molar-refractivity contribution in [3.63, 3.8) is 0 Å². The van der Waals surface area contributed by atoms with Crippen LogP contribution in [0.1, 0.15) is 16.8 Å². The lowest BCUT2D eigenvalue weighted by Gasteiger charge is -2.08. The molecule has 4 nitrogen and oxygen atoms in total. The molecule has 0 aliphatic heterocycles. The van der Waals surface area contributed by atoms with Crippen LogP contribution in [0.25, 0.3) is 0 Å². The van der Waals surface area contributed by atoms with Gasteiger partial charge < -0.3 is 15.2 Å². The number of anilines is 1. The minimum atomic E-state index is -4.34. The molecule has 1 aromatic rings. The third-order valence-corrected chi connectivity index (χ3v) is 2.11. The Kier molecular flexibility index (Phi) is 5.62. The van der Waals surface area contributed by atoms with E-state index < -0.39 is 18.8 Å². The van der Waals surface area contributed by atoms with E-state index in [1.807, 2.05) is 0 Å². The second-order valence-corrected chi connectivity index (χ2v) is 3.74. The molecule has 0 fully saturated rings. The van der Waals surface area contributed by atoms with Gasteiger partial charge in [-0.15, -0.1) is 0 Å². The molecule has 106 valence electrons. The number of hydrogen-bond donors (Lipinski definition) is 1. The van der Waals surface area contributed by atoms with Crippen LogP contribution in [0.2, 0.25) is 0 Å². The highest BCUT2D eigenvalue weighted by Crippen LogP contribution is 2.14. The van der Waals surface area contributed by atoms with E-state index in [1.54, 1.807) is 18.2 Å². The van der Waals surface area contributed by atoms with Crippen molar-refractivity contribution in [2.24, 2.45) is 0 Å². The van der Waals surface area contributed by atoms with Crippen LogP contribution >= 0.6 is 0 Å². The molecular weight excluding hydrogens is 263 g/mol. The van der Waals surface area contributed by atoms with Crippen LogP contribution in [-0.4, -0.2) is 32.0 Å². The fraction of sp³-hybridized carbons (Fsp3) is 0.417. The summed E-state index contributed by atoms with van der Waals surface area (Å²) in [6.07, 6.45) is -4.15. The molecule has 0 heterocycles. The SMILES string of the molecule is Nc1ccccc1C(=O)OCCCOCC(F)(F)F. The number of hydrogen-bond acceptors (Lipinski definition) is 4. The smallest absolute Gasteiger partial charge is 0.411 e. The zero-order valence-corrected chi connectivity index (χ0v) is 10.1. The summed E-state index contributed by atoms with van der Waals surface area (Å²) in [5.74, 6) is -0.603. The molecule has 0 unspecified atom stereocenters. The maximum Gasteiger partial charge on any atom is 0.411 e.